The molecule has 0 aliphatic heterocycles. The molecule has 2 aromatic rings. The highest BCUT2D eigenvalue weighted by Crippen LogP contribution is 2.36. The number of nitrogens with zero attached hydrogens (tertiary/aromatic N) is 2. The van der Waals surface area contributed by atoms with Gasteiger partial charge in [0, 0.05) is 38.9 Å². The number of nitrogen functional groups attached to an aromatic ring is 1. The molecule has 3 N–H and O–H groups in total. The molecule has 0 aliphatic carbocycles. The van der Waals surface area contributed by atoms with Crippen molar-refractivity contribution in [3.05, 3.63) is 35.8 Å². The van der Waals surface area contributed by atoms with Crippen LogP contribution < -0.4 is 5.73 Å². The van der Waals surface area contributed by atoms with E-state index in [0.717, 1.165) is 0 Å². The van der Waals surface area contributed by atoms with Gasteiger partial charge in [0.05, 0.1) is 36.6 Å². The van der Waals surface area contributed by atoms with Crippen molar-refractivity contribution in [2.24, 2.45) is 5.92 Å². The Hall–Kier alpha value is -2.49. The van der Waals surface area contributed by atoms with Crippen molar-refractivity contribution in [1.82, 2.24) is 9.78 Å². The molecular weight excluding hydrogens is 393 g/mol. The van der Waals surface area contributed by atoms with E-state index in [9.17, 15) is 9.18 Å². The second-order valence-electron chi connectivity index (χ2n) is 7.19. The third kappa shape index (κ3) is 5.35. The molecule has 9 heteroatoms. The van der Waals surface area contributed by atoms with Crippen molar-refractivity contribution in [2.45, 2.75) is 38.5 Å². The van der Waals surface area contributed by atoms with E-state index in [2.05, 4.69) is 5.10 Å². The van der Waals surface area contributed by atoms with E-state index in [-0.39, 0.29) is 0 Å². The number of carboxylic acids is 1. The highest BCUT2D eigenvalue weighted by molar-refractivity contribution is 5.73. The Morgan fingerprint density at radius 3 is 2.60 bits per heavy atom. The van der Waals surface area contributed by atoms with E-state index in [0.29, 0.717) is 54.9 Å². The first-order valence-electron chi connectivity index (χ1n) is 9.72. The number of halogens is 1. The summed E-state index contributed by atoms with van der Waals surface area (Å²) in [5.74, 6) is -3.04. The second kappa shape index (κ2) is 10.5. The van der Waals surface area contributed by atoms with Crippen molar-refractivity contribution in [1.29, 1.82) is 0 Å². The molecule has 166 valence electrons. The van der Waals surface area contributed by atoms with Gasteiger partial charge in [0.1, 0.15) is 5.82 Å². The summed E-state index contributed by atoms with van der Waals surface area (Å²) in [5.41, 5.74) is 8.10. The maximum atomic E-state index is 14.6. The number of methoxy groups -OCH3 is 3. The van der Waals surface area contributed by atoms with Crippen LogP contribution in [0.4, 0.5) is 10.1 Å². The minimum Gasteiger partial charge on any atom is -0.481 e. The Balaban J connectivity index is 2.40. The molecule has 8 nitrogen and oxygen atoms in total. The molecule has 0 radical (unpaired) electrons. The summed E-state index contributed by atoms with van der Waals surface area (Å²) >= 11 is 0. The Labute approximate surface area is 175 Å². The number of hydrogen-bond donors (Lipinski definition) is 2. The molecule has 0 bridgehead atoms. The monoisotopic (exact) mass is 423 g/mol. The summed E-state index contributed by atoms with van der Waals surface area (Å²) in [5, 5.41) is 13.3. The first kappa shape index (κ1) is 23.8. The molecule has 0 amide bonds. The molecule has 1 aromatic heterocycles. The minimum atomic E-state index is -1.22. The van der Waals surface area contributed by atoms with E-state index in [1.807, 2.05) is 0 Å². The van der Waals surface area contributed by atoms with Gasteiger partial charge in [-0.2, -0.15) is 5.10 Å². The van der Waals surface area contributed by atoms with Gasteiger partial charge in [-0.1, -0.05) is 6.92 Å². The maximum Gasteiger partial charge on any atom is 0.306 e. The molecule has 0 spiro atoms. The van der Waals surface area contributed by atoms with Gasteiger partial charge in [-0.15, -0.1) is 0 Å². The average Bonchev–Trinajstić information content (AvgIpc) is 3.09. The van der Waals surface area contributed by atoms with Gasteiger partial charge in [0.25, 0.3) is 0 Å². The molecule has 0 saturated carbocycles. The molecule has 0 unspecified atom stereocenters. The lowest BCUT2D eigenvalue weighted by atomic mass is 9.94. The van der Waals surface area contributed by atoms with Gasteiger partial charge < -0.3 is 25.1 Å². The number of carboxylic acid groups (broad SMARTS) is 1. The van der Waals surface area contributed by atoms with E-state index < -0.39 is 23.5 Å². The van der Waals surface area contributed by atoms with Crippen LogP contribution in [0.15, 0.2) is 24.4 Å². The number of anilines is 1. The quantitative estimate of drug-likeness (QED) is 0.504. The second-order valence-corrected chi connectivity index (χ2v) is 7.19. The lowest BCUT2D eigenvalue weighted by Crippen LogP contribution is -2.31. The van der Waals surface area contributed by atoms with Crippen molar-refractivity contribution >= 4 is 11.7 Å². The first-order valence-corrected chi connectivity index (χ1v) is 9.72. The fraction of sp³-hybridized carbons (Fsp3) is 0.524. The average molecular weight is 423 g/mol. The Morgan fingerprint density at radius 2 is 2.00 bits per heavy atom. The molecule has 30 heavy (non-hydrogen) atoms. The third-order valence-electron chi connectivity index (χ3n) is 5.21. The topological polar surface area (TPSA) is 109 Å². The van der Waals surface area contributed by atoms with Gasteiger partial charge in [-0.3, -0.25) is 9.48 Å². The van der Waals surface area contributed by atoms with Crippen LogP contribution in [0.3, 0.4) is 0 Å². The summed E-state index contributed by atoms with van der Waals surface area (Å²) in [6, 6.07) is 4.49. The normalized spacial score (nSPS) is 12.8. The fourth-order valence-electron chi connectivity index (χ4n) is 3.44. The number of ether oxygens (including phenoxy) is 3. The van der Waals surface area contributed by atoms with E-state index in [1.54, 1.807) is 24.8 Å². The predicted octanol–water partition coefficient (Wildman–Crippen LogP) is 3.25. The number of carbonyl (C=O) groups is 1. The van der Waals surface area contributed by atoms with E-state index in [4.69, 9.17) is 25.1 Å². The zero-order valence-electron chi connectivity index (χ0n) is 17.9. The van der Waals surface area contributed by atoms with E-state index >= 15 is 0 Å². The summed E-state index contributed by atoms with van der Waals surface area (Å²) in [6.45, 7) is 2.54. The summed E-state index contributed by atoms with van der Waals surface area (Å²) in [4.78, 5) is 11.1. The SMILES string of the molecule is COCCn1ncc(N)c1-c1cc(F)cc(C(CCC[C@@H](C)C(=O)O)(OC)OC)c1. The zero-order valence-corrected chi connectivity index (χ0v) is 17.9. The van der Waals surface area contributed by atoms with E-state index in [1.165, 1.54) is 32.5 Å². The first-order chi connectivity index (χ1) is 14.3. The summed E-state index contributed by atoms with van der Waals surface area (Å²) in [7, 11) is 4.54. The molecular formula is C21H30FN3O5. The molecule has 0 saturated heterocycles. The number of aromatic nitrogens is 2. The van der Waals surface area contributed by atoms with Crippen LogP contribution in [-0.4, -0.2) is 48.8 Å². The smallest absolute Gasteiger partial charge is 0.306 e. The molecule has 1 aromatic carbocycles. The molecule has 0 aliphatic rings. The zero-order chi connectivity index (χ0) is 22.3. The van der Waals surface area contributed by atoms with Crippen molar-refractivity contribution in [3.8, 4) is 11.3 Å². The Morgan fingerprint density at radius 1 is 1.30 bits per heavy atom. The molecule has 1 heterocycles. The largest absolute Gasteiger partial charge is 0.481 e. The van der Waals surface area contributed by atoms with Crippen LogP contribution in [0.5, 0.6) is 0 Å². The van der Waals surface area contributed by atoms with Gasteiger partial charge in [0.2, 0.25) is 0 Å². The van der Waals surface area contributed by atoms with Crippen LogP contribution in [0.2, 0.25) is 0 Å². The van der Waals surface area contributed by atoms with Crippen LogP contribution >= 0.6 is 0 Å². The van der Waals surface area contributed by atoms with Crippen molar-refractivity contribution in [2.75, 3.05) is 33.7 Å². The number of aliphatic carboxylic acids is 1. The standard InChI is InChI=1S/C21H30FN3O5/c1-14(20(26)27)6-5-7-21(29-3,30-4)16-10-15(11-17(22)12-16)19-18(23)13-24-25(19)8-9-28-2/h10-14H,5-9,23H2,1-4H3,(H,26,27)/t14-/m1/s1. The van der Waals surface area contributed by atoms with Gasteiger partial charge >= 0.3 is 5.97 Å². The van der Waals surface area contributed by atoms with Crippen LogP contribution in [0, 0.1) is 11.7 Å². The number of nitrogens with two attached hydrogens (primary N) is 1. The van der Waals surface area contributed by atoms with Gasteiger partial charge in [0.15, 0.2) is 5.79 Å². The molecule has 1 atom stereocenters. The summed E-state index contributed by atoms with van der Waals surface area (Å²) < 4.78 is 32.7. The summed E-state index contributed by atoms with van der Waals surface area (Å²) in [6.07, 6.45) is 2.85. The minimum absolute atomic E-state index is 0.360. The lowest BCUT2D eigenvalue weighted by molar-refractivity contribution is -0.221. The van der Waals surface area contributed by atoms with Crippen LogP contribution in [0.1, 0.15) is 31.7 Å². The predicted molar refractivity (Wildman–Crippen MR) is 110 cm³/mol. The van der Waals surface area contributed by atoms with Gasteiger partial charge in [-0.05, 0) is 31.0 Å². The fourth-order valence-corrected chi connectivity index (χ4v) is 3.44. The number of hydrogen-bond acceptors (Lipinski definition) is 6. The Kier molecular flexibility index (Phi) is 8.33. The van der Waals surface area contributed by atoms with Gasteiger partial charge in [-0.25, -0.2) is 4.39 Å². The molecule has 0 fully saturated rings. The Bertz CT molecular complexity index is 851. The highest BCUT2D eigenvalue weighted by Gasteiger charge is 2.33. The number of benzene rings is 1. The third-order valence-corrected chi connectivity index (χ3v) is 5.21. The molecule has 2 rings (SSSR count). The van der Waals surface area contributed by atoms with Crippen molar-refractivity contribution in [3.63, 3.8) is 0 Å². The van der Waals surface area contributed by atoms with Crippen LogP contribution in [0.25, 0.3) is 11.3 Å². The van der Waals surface area contributed by atoms with Crippen LogP contribution in [-0.2, 0) is 31.3 Å². The lowest BCUT2D eigenvalue weighted by Gasteiger charge is -2.32. The maximum absolute atomic E-state index is 14.6. The van der Waals surface area contributed by atoms with Crippen molar-refractivity contribution < 1.29 is 28.5 Å². The number of rotatable bonds is 12. The highest BCUT2D eigenvalue weighted by atomic mass is 19.1.